The second-order valence-corrected chi connectivity index (χ2v) is 2.31. The summed E-state index contributed by atoms with van der Waals surface area (Å²) >= 11 is 0. The molecule has 0 fully saturated rings. The molecular weight excluding hydrogens is 140 g/mol. The summed E-state index contributed by atoms with van der Waals surface area (Å²) in [7, 11) is 0. The quantitative estimate of drug-likeness (QED) is 0.522. The lowest BCUT2D eigenvalue weighted by atomic mass is 10.1. The molecule has 1 aromatic carbocycles. The monoisotopic (exact) mass is 152 g/mol. The van der Waals surface area contributed by atoms with Crippen molar-refractivity contribution < 1.29 is 11.0 Å². The number of rotatable bonds is 0. The molecule has 0 aliphatic heterocycles. The van der Waals surface area contributed by atoms with Crippen LogP contribution in [-0.2, 0) is 6.42 Å². The van der Waals surface area contributed by atoms with Gasteiger partial charge in [0, 0.05) is 0 Å². The molecule has 1 aliphatic carbocycles. The molecule has 0 atom stereocenters. The average Bonchev–Trinajstić information content (AvgIpc) is 2.33. The summed E-state index contributed by atoms with van der Waals surface area (Å²) in [6.45, 7) is 0. The highest BCUT2D eigenvalue weighted by molar-refractivity contribution is 5.59. The fourth-order valence-corrected chi connectivity index (χ4v) is 1.20. The van der Waals surface area contributed by atoms with Crippen LogP contribution in [0.25, 0.3) is 6.08 Å². The van der Waals surface area contributed by atoms with Crippen LogP contribution in [0.1, 0.15) is 11.1 Å². The molecule has 11 heavy (non-hydrogen) atoms. The van der Waals surface area contributed by atoms with Gasteiger partial charge in [0.15, 0.2) is 0 Å². The van der Waals surface area contributed by atoms with E-state index in [2.05, 4.69) is 36.4 Å². The molecule has 0 heterocycles. The smallest absolute Gasteiger partial charge is 0.00882 e. The molecule has 1 aromatic rings. The highest BCUT2D eigenvalue weighted by Crippen LogP contribution is 2.17. The molecule has 0 saturated heterocycles. The van der Waals surface area contributed by atoms with Crippen molar-refractivity contribution in [2.24, 2.45) is 0 Å². The zero-order chi connectivity index (χ0) is 6.10. The molecule has 0 aromatic heterocycles. The third-order valence-electron chi connectivity index (χ3n) is 1.69. The van der Waals surface area contributed by atoms with E-state index < -0.39 is 0 Å². The number of fused-ring (bicyclic) bond motifs is 1. The molecule has 1 aliphatic rings. The van der Waals surface area contributed by atoms with Gasteiger partial charge >= 0.3 is 0 Å². The summed E-state index contributed by atoms with van der Waals surface area (Å²) in [6.07, 6.45) is 5.50. The molecule has 60 valence electrons. The van der Waals surface area contributed by atoms with Crippen molar-refractivity contribution in [2.45, 2.75) is 6.42 Å². The summed E-state index contributed by atoms with van der Waals surface area (Å²) in [5, 5.41) is 0. The minimum atomic E-state index is 0. The van der Waals surface area contributed by atoms with Crippen LogP contribution in [0.15, 0.2) is 30.3 Å². The van der Waals surface area contributed by atoms with Crippen molar-refractivity contribution in [2.75, 3.05) is 0 Å². The summed E-state index contributed by atoms with van der Waals surface area (Å²) < 4.78 is 0. The van der Waals surface area contributed by atoms with Crippen LogP contribution in [-0.4, -0.2) is 11.0 Å². The maximum absolute atomic E-state index is 2.20. The lowest BCUT2D eigenvalue weighted by molar-refractivity contribution is 0.823. The second-order valence-electron chi connectivity index (χ2n) is 2.31. The molecule has 2 heteroatoms. The molecule has 0 amide bonds. The minimum Gasteiger partial charge on any atom is -0.412 e. The predicted molar refractivity (Wildman–Crippen MR) is 46.4 cm³/mol. The molecule has 0 saturated carbocycles. The number of hydrogen-bond donors (Lipinski definition) is 0. The lowest BCUT2D eigenvalue weighted by Crippen LogP contribution is -1.76. The van der Waals surface area contributed by atoms with Gasteiger partial charge in [-0.1, -0.05) is 36.4 Å². The summed E-state index contributed by atoms with van der Waals surface area (Å²) in [6, 6.07) is 8.49. The van der Waals surface area contributed by atoms with E-state index in [-0.39, 0.29) is 11.0 Å². The van der Waals surface area contributed by atoms with Crippen molar-refractivity contribution in [3.8, 4) is 0 Å². The molecule has 0 spiro atoms. The number of hydrogen-bond acceptors (Lipinski definition) is 0. The van der Waals surface area contributed by atoms with Crippen molar-refractivity contribution in [1.82, 2.24) is 0 Å². The highest BCUT2D eigenvalue weighted by Gasteiger charge is 2.00. The summed E-state index contributed by atoms with van der Waals surface area (Å²) in [5.74, 6) is 0. The van der Waals surface area contributed by atoms with Gasteiger partial charge < -0.3 is 11.0 Å². The Morgan fingerprint density at radius 2 is 1.73 bits per heavy atom. The molecular formula is C9H12O2. The number of allylic oxidation sites excluding steroid dienone is 1. The van der Waals surface area contributed by atoms with Gasteiger partial charge in [0.1, 0.15) is 0 Å². The second kappa shape index (κ2) is 3.91. The molecule has 0 radical (unpaired) electrons. The third kappa shape index (κ3) is 1.67. The molecule has 2 rings (SSSR count). The molecule has 2 nitrogen and oxygen atoms in total. The third-order valence-corrected chi connectivity index (χ3v) is 1.69. The van der Waals surface area contributed by atoms with Gasteiger partial charge in [0.25, 0.3) is 0 Å². The Morgan fingerprint density at radius 1 is 1.00 bits per heavy atom. The van der Waals surface area contributed by atoms with Crippen molar-refractivity contribution in [3.05, 3.63) is 41.5 Å². The van der Waals surface area contributed by atoms with Gasteiger partial charge in [-0.3, -0.25) is 0 Å². The van der Waals surface area contributed by atoms with Gasteiger partial charge in [-0.15, -0.1) is 0 Å². The Balaban J connectivity index is 0.000000500. The average molecular weight is 152 g/mol. The summed E-state index contributed by atoms with van der Waals surface area (Å²) in [5.41, 5.74) is 2.84. The van der Waals surface area contributed by atoms with Crippen molar-refractivity contribution >= 4 is 6.08 Å². The van der Waals surface area contributed by atoms with Crippen LogP contribution in [0, 0.1) is 0 Å². The van der Waals surface area contributed by atoms with Crippen LogP contribution in [0.2, 0.25) is 0 Å². The van der Waals surface area contributed by atoms with E-state index in [1.807, 2.05) is 0 Å². The van der Waals surface area contributed by atoms with E-state index in [0.717, 1.165) is 6.42 Å². The maximum Gasteiger partial charge on any atom is -0.00882 e. The van der Waals surface area contributed by atoms with E-state index in [9.17, 15) is 0 Å². The Kier molecular flexibility index (Phi) is 3.51. The first kappa shape index (κ1) is 9.88. The topological polar surface area (TPSA) is 63.0 Å². The predicted octanol–water partition coefficient (Wildman–Crippen LogP) is 0.606. The van der Waals surface area contributed by atoms with Gasteiger partial charge in [-0.2, -0.15) is 0 Å². The summed E-state index contributed by atoms with van der Waals surface area (Å²) in [4.78, 5) is 0. The molecule has 4 N–H and O–H groups in total. The van der Waals surface area contributed by atoms with E-state index in [4.69, 9.17) is 0 Å². The van der Waals surface area contributed by atoms with Gasteiger partial charge in [-0.05, 0) is 17.5 Å². The van der Waals surface area contributed by atoms with Gasteiger partial charge in [0.2, 0.25) is 0 Å². The van der Waals surface area contributed by atoms with E-state index in [1.54, 1.807) is 0 Å². The maximum atomic E-state index is 2.20. The van der Waals surface area contributed by atoms with Gasteiger partial charge in [-0.25, -0.2) is 0 Å². The van der Waals surface area contributed by atoms with E-state index in [0.29, 0.717) is 0 Å². The normalized spacial score (nSPS) is 11.3. The largest absolute Gasteiger partial charge is 0.412 e. The SMILES string of the molecule is C1=Cc2ccccc2C1.O.O. The first-order valence-corrected chi connectivity index (χ1v) is 3.21. The van der Waals surface area contributed by atoms with E-state index >= 15 is 0 Å². The fraction of sp³-hybridized carbons (Fsp3) is 0.111. The zero-order valence-electron chi connectivity index (χ0n) is 6.17. The molecule has 0 unspecified atom stereocenters. The molecule has 0 bridgehead atoms. The highest BCUT2D eigenvalue weighted by atomic mass is 16.0. The van der Waals surface area contributed by atoms with Crippen molar-refractivity contribution in [1.29, 1.82) is 0 Å². The van der Waals surface area contributed by atoms with Crippen LogP contribution < -0.4 is 0 Å². The minimum absolute atomic E-state index is 0. The Hall–Kier alpha value is -1.12. The standard InChI is InChI=1S/C9H8.2H2O/c1-2-5-9-7-3-6-8(9)4-1;;/h1-6H,7H2;2*1H2. The Labute approximate surface area is 65.8 Å². The van der Waals surface area contributed by atoms with Crippen LogP contribution in [0.3, 0.4) is 0 Å². The first-order valence-electron chi connectivity index (χ1n) is 3.21. The zero-order valence-corrected chi connectivity index (χ0v) is 6.17. The van der Waals surface area contributed by atoms with Crippen LogP contribution in [0.5, 0.6) is 0 Å². The van der Waals surface area contributed by atoms with Crippen LogP contribution in [0.4, 0.5) is 0 Å². The lowest BCUT2D eigenvalue weighted by Gasteiger charge is -1.93. The van der Waals surface area contributed by atoms with Crippen molar-refractivity contribution in [3.63, 3.8) is 0 Å². The first-order chi connectivity index (χ1) is 4.47. The Bertz CT molecular complexity index is 253. The fourth-order valence-electron chi connectivity index (χ4n) is 1.20. The van der Waals surface area contributed by atoms with Gasteiger partial charge in [0.05, 0.1) is 0 Å². The number of benzene rings is 1. The van der Waals surface area contributed by atoms with Crippen LogP contribution >= 0.6 is 0 Å². The Morgan fingerprint density at radius 3 is 2.45 bits per heavy atom. The van der Waals surface area contributed by atoms with E-state index in [1.165, 1.54) is 11.1 Å².